The van der Waals surface area contributed by atoms with Crippen molar-refractivity contribution in [2.75, 3.05) is 0 Å². The number of aliphatic hydroxyl groups is 1. The zero-order valence-corrected chi connectivity index (χ0v) is 9.07. The summed E-state index contributed by atoms with van der Waals surface area (Å²) in [5.41, 5.74) is 0. The van der Waals surface area contributed by atoms with E-state index < -0.39 is 0 Å². The van der Waals surface area contributed by atoms with Crippen molar-refractivity contribution in [2.45, 2.75) is 25.4 Å². The normalized spacial score (nSPS) is 19.5. The molecule has 1 atom stereocenters. The van der Waals surface area contributed by atoms with Gasteiger partial charge in [0.25, 0.3) is 0 Å². The fourth-order valence-electron chi connectivity index (χ4n) is 1.32. The zero-order chi connectivity index (χ0) is 8.55. The molecule has 1 aromatic heterocycles. The average molecular weight is 247 g/mol. The van der Waals surface area contributed by atoms with E-state index in [1.54, 1.807) is 11.3 Å². The van der Waals surface area contributed by atoms with Crippen LogP contribution in [0.3, 0.4) is 0 Å². The second kappa shape index (κ2) is 3.48. The van der Waals surface area contributed by atoms with E-state index in [0.29, 0.717) is 0 Å². The molecule has 0 saturated heterocycles. The van der Waals surface area contributed by atoms with Crippen molar-refractivity contribution in [3.8, 4) is 0 Å². The second-order valence-corrected chi connectivity index (χ2v) is 5.13. The van der Waals surface area contributed by atoms with Crippen molar-refractivity contribution in [2.24, 2.45) is 5.92 Å². The van der Waals surface area contributed by atoms with Gasteiger partial charge >= 0.3 is 0 Å². The summed E-state index contributed by atoms with van der Waals surface area (Å²) < 4.78 is 1.06. The molecule has 0 bridgehead atoms. The molecular weight excluding hydrogens is 236 g/mol. The van der Waals surface area contributed by atoms with E-state index in [9.17, 15) is 5.11 Å². The maximum atomic E-state index is 9.78. The summed E-state index contributed by atoms with van der Waals surface area (Å²) >= 11 is 5.06. The molecule has 2 rings (SSSR count). The van der Waals surface area contributed by atoms with Gasteiger partial charge in [0, 0.05) is 9.35 Å². The van der Waals surface area contributed by atoms with Gasteiger partial charge in [-0.3, -0.25) is 0 Å². The van der Waals surface area contributed by atoms with Crippen molar-refractivity contribution in [1.82, 2.24) is 0 Å². The molecule has 1 nitrogen and oxygen atoms in total. The number of hydrogen-bond acceptors (Lipinski definition) is 2. The summed E-state index contributed by atoms with van der Waals surface area (Å²) in [5, 5.41) is 11.8. The Morgan fingerprint density at radius 2 is 2.42 bits per heavy atom. The van der Waals surface area contributed by atoms with Gasteiger partial charge in [0.05, 0.1) is 6.10 Å². The van der Waals surface area contributed by atoms with E-state index in [1.807, 2.05) is 11.4 Å². The van der Waals surface area contributed by atoms with E-state index in [4.69, 9.17) is 0 Å². The van der Waals surface area contributed by atoms with Crippen LogP contribution in [0, 0.1) is 5.92 Å². The average Bonchev–Trinajstić information content (AvgIpc) is 2.72. The van der Waals surface area contributed by atoms with Crippen LogP contribution in [0.2, 0.25) is 0 Å². The summed E-state index contributed by atoms with van der Waals surface area (Å²) in [6.45, 7) is 0. The fraction of sp³-hybridized carbons (Fsp3) is 0.556. The summed E-state index contributed by atoms with van der Waals surface area (Å²) in [6.07, 6.45) is 3.31. The first-order chi connectivity index (χ1) is 5.77. The largest absolute Gasteiger partial charge is 0.388 e. The molecule has 3 heteroatoms. The molecule has 1 unspecified atom stereocenters. The molecule has 1 saturated carbocycles. The van der Waals surface area contributed by atoms with E-state index in [2.05, 4.69) is 15.9 Å². The van der Waals surface area contributed by atoms with Gasteiger partial charge in [-0.2, -0.15) is 0 Å². The molecule has 1 aromatic rings. The molecule has 1 aliphatic carbocycles. The highest BCUT2D eigenvalue weighted by molar-refractivity contribution is 9.10. The predicted molar refractivity (Wildman–Crippen MR) is 54.3 cm³/mol. The lowest BCUT2D eigenvalue weighted by Gasteiger charge is -2.07. The highest BCUT2D eigenvalue weighted by Crippen LogP contribution is 2.40. The van der Waals surface area contributed by atoms with Crippen LogP contribution >= 0.6 is 27.3 Å². The third-order valence-electron chi connectivity index (χ3n) is 2.20. The first-order valence-electron chi connectivity index (χ1n) is 4.18. The van der Waals surface area contributed by atoms with E-state index in [-0.39, 0.29) is 6.10 Å². The summed E-state index contributed by atoms with van der Waals surface area (Å²) in [7, 11) is 0. The molecule has 66 valence electrons. The summed E-state index contributed by atoms with van der Waals surface area (Å²) in [4.78, 5) is 1.09. The minimum Gasteiger partial charge on any atom is -0.388 e. The fourth-order valence-corrected chi connectivity index (χ4v) is 2.96. The second-order valence-electron chi connectivity index (χ2n) is 3.33. The maximum absolute atomic E-state index is 9.78. The smallest absolute Gasteiger partial charge is 0.0896 e. The molecule has 0 amide bonds. The van der Waals surface area contributed by atoms with Crippen molar-refractivity contribution in [3.05, 3.63) is 20.8 Å². The highest BCUT2D eigenvalue weighted by Gasteiger charge is 2.26. The first kappa shape index (κ1) is 8.73. The van der Waals surface area contributed by atoms with E-state index in [1.165, 1.54) is 12.8 Å². The number of hydrogen-bond donors (Lipinski definition) is 1. The van der Waals surface area contributed by atoms with Gasteiger partial charge in [-0.05, 0) is 39.7 Å². The molecule has 1 heterocycles. The number of rotatable bonds is 3. The van der Waals surface area contributed by atoms with Gasteiger partial charge in [0.1, 0.15) is 0 Å². The molecule has 0 aliphatic heterocycles. The molecule has 0 aromatic carbocycles. The Hall–Kier alpha value is 0.140. The standard InChI is InChI=1S/C9H11BrOS/c10-7-3-4-12-9(7)8(11)5-6-1-2-6/h3-4,6,8,11H,1-2,5H2. The Labute approximate surface area is 84.6 Å². The third-order valence-corrected chi connectivity index (χ3v) is 4.17. The van der Waals surface area contributed by atoms with Crippen LogP contribution < -0.4 is 0 Å². The first-order valence-corrected chi connectivity index (χ1v) is 5.85. The van der Waals surface area contributed by atoms with Crippen LogP contribution in [-0.4, -0.2) is 5.11 Å². The predicted octanol–water partition coefficient (Wildman–Crippen LogP) is 3.34. The van der Waals surface area contributed by atoms with Crippen LogP contribution in [0.15, 0.2) is 15.9 Å². The monoisotopic (exact) mass is 246 g/mol. The van der Waals surface area contributed by atoms with Crippen LogP contribution in [0.5, 0.6) is 0 Å². The van der Waals surface area contributed by atoms with Crippen LogP contribution in [-0.2, 0) is 0 Å². The number of aliphatic hydroxyl groups excluding tert-OH is 1. The molecule has 0 radical (unpaired) electrons. The molecule has 1 aliphatic rings. The minimum atomic E-state index is -0.244. The molecular formula is C9H11BrOS. The molecule has 0 spiro atoms. The highest BCUT2D eigenvalue weighted by atomic mass is 79.9. The summed E-state index contributed by atoms with van der Waals surface area (Å²) in [5.74, 6) is 0.786. The van der Waals surface area contributed by atoms with Gasteiger partial charge in [0.2, 0.25) is 0 Å². The number of thiophene rings is 1. The molecule has 1 fully saturated rings. The Morgan fingerprint density at radius 3 is 2.92 bits per heavy atom. The van der Waals surface area contributed by atoms with Gasteiger partial charge in [-0.25, -0.2) is 0 Å². The van der Waals surface area contributed by atoms with Gasteiger partial charge < -0.3 is 5.11 Å². The zero-order valence-electron chi connectivity index (χ0n) is 6.66. The van der Waals surface area contributed by atoms with Crippen molar-refractivity contribution in [3.63, 3.8) is 0 Å². The van der Waals surface area contributed by atoms with Gasteiger partial charge in [-0.15, -0.1) is 11.3 Å². The Balaban J connectivity index is 2.02. The van der Waals surface area contributed by atoms with Crippen LogP contribution in [0.1, 0.15) is 30.2 Å². The van der Waals surface area contributed by atoms with Crippen LogP contribution in [0.4, 0.5) is 0 Å². The quantitative estimate of drug-likeness (QED) is 0.868. The topological polar surface area (TPSA) is 20.2 Å². The lowest BCUT2D eigenvalue weighted by atomic mass is 10.1. The van der Waals surface area contributed by atoms with E-state index in [0.717, 1.165) is 21.7 Å². The summed E-state index contributed by atoms with van der Waals surface area (Å²) in [6, 6.07) is 2.00. The molecule has 12 heavy (non-hydrogen) atoms. The van der Waals surface area contributed by atoms with Crippen molar-refractivity contribution in [1.29, 1.82) is 0 Å². The van der Waals surface area contributed by atoms with Crippen LogP contribution in [0.25, 0.3) is 0 Å². The van der Waals surface area contributed by atoms with Gasteiger partial charge in [0.15, 0.2) is 0 Å². The van der Waals surface area contributed by atoms with Crippen molar-refractivity contribution >= 4 is 27.3 Å². The van der Waals surface area contributed by atoms with E-state index >= 15 is 0 Å². The van der Waals surface area contributed by atoms with Gasteiger partial charge in [-0.1, -0.05) is 12.8 Å². The Kier molecular flexibility index (Phi) is 2.53. The Morgan fingerprint density at radius 1 is 1.67 bits per heavy atom. The third kappa shape index (κ3) is 1.90. The SMILES string of the molecule is OC(CC1CC1)c1sccc1Br. The Bertz CT molecular complexity index is 267. The number of halogens is 1. The lowest BCUT2D eigenvalue weighted by molar-refractivity contribution is 0.163. The molecule has 1 N–H and O–H groups in total. The maximum Gasteiger partial charge on any atom is 0.0896 e. The minimum absolute atomic E-state index is 0.244. The van der Waals surface area contributed by atoms with Crippen molar-refractivity contribution < 1.29 is 5.11 Å². The lowest BCUT2D eigenvalue weighted by Crippen LogP contribution is -1.95.